The summed E-state index contributed by atoms with van der Waals surface area (Å²) in [7, 11) is 0. The molecule has 0 amide bonds. The van der Waals surface area contributed by atoms with Gasteiger partial charge >= 0.3 is 0 Å². The van der Waals surface area contributed by atoms with Gasteiger partial charge in [0, 0.05) is 31.0 Å². The van der Waals surface area contributed by atoms with Crippen molar-refractivity contribution in [3.05, 3.63) is 5.82 Å². The zero-order valence-corrected chi connectivity index (χ0v) is 11.1. The van der Waals surface area contributed by atoms with Crippen molar-refractivity contribution >= 4 is 11.5 Å². The lowest BCUT2D eigenvalue weighted by Crippen LogP contribution is -2.45. The molecule has 17 heavy (non-hydrogen) atoms. The first-order valence-corrected chi connectivity index (χ1v) is 6.86. The average Bonchev–Trinajstić information content (AvgIpc) is 2.75. The molecule has 2 atom stereocenters. The lowest BCUT2D eigenvalue weighted by molar-refractivity contribution is -0.0470. The summed E-state index contributed by atoms with van der Waals surface area (Å²) >= 11 is 1.32. The summed E-state index contributed by atoms with van der Waals surface area (Å²) in [4.78, 5) is 4.31. The zero-order chi connectivity index (χ0) is 12.1. The lowest BCUT2D eigenvalue weighted by atomic mass is 10.2. The van der Waals surface area contributed by atoms with Crippen molar-refractivity contribution in [2.45, 2.75) is 38.9 Å². The molecule has 0 aromatic carbocycles. The van der Waals surface area contributed by atoms with Gasteiger partial charge in [0.05, 0.1) is 6.10 Å². The molecule has 0 radical (unpaired) electrons. The molecule has 1 aliphatic heterocycles. The fourth-order valence-electron chi connectivity index (χ4n) is 1.76. The van der Waals surface area contributed by atoms with E-state index >= 15 is 0 Å². The maximum absolute atomic E-state index is 5.73. The van der Waals surface area contributed by atoms with E-state index in [1.165, 1.54) is 11.5 Å². The molecule has 0 bridgehead atoms. The van der Waals surface area contributed by atoms with E-state index in [0.29, 0.717) is 11.8 Å². The third-order valence-electron chi connectivity index (χ3n) is 2.54. The monoisotopic (exact) mass is 257 g/mol. The van der Waals surface area contributed by atoms with Gasteiger partial charge in [0.2, 0.25) is 0 Å². The van der Waals surface area contributed by atoms with Crippen LogP contribution in [-0.4, -0.2) is 41.3 Å². The zero-order valence-electron chi connectivity index (χ0n) is 10.3. The van der Waals surface area contributed by atoms with Gasteiger partial charge in [-0.1, -0.05) is 6.92 Å². The van der Waals surface area contributed by atoms with Gasteiger partial charge in [-0.05, 0) is 13.3 Å². The van der Waals surface area contributed by atoms with Gasteiger partial charge in [-0.3, -0.25) is 0 Å². The summed E-state index contributed by atoms with van der Waals surface area (Å²) in [6.45, 7) is 6.47. The minimum absolute atomic E-state index is 0.109. The quantitative estimate of drug-likeness (QED) is 0.860. The van der Waals surface area contributed by atoms with Crippen LogP contribution in [0, 0.1) is 0 Å². The summed E-state index contributed by atoms with van der Waals surface area (Å²) < 4.78 is 15.6. The first kappa shape index (κ1) is 12.7. The van der Waals surface area contributed by atoms with Crippen molar-refractivity contribution in [3.8, 4) is 5.19 Å². The second-order valence-corrected chi connectivity index (χ2v) is 4.98. The number of hydrogen-bond donors (Lipinski definition) is 1. The topological polar surface area (TPSA) is 56.3 Å². The Bertz CT molecular complexity index is 345. The minimum Gasteiger partial charge on any atom is -0.466 e. The molecule has 0 spiro atoms. The highest BCUT2D eigenvalue weighted by Crippen LogP contribution is 2.16. The number of ether oxygens (including phenoxy) is 2. The highest BCUT2D eigenvalue weighted by Gasteiger charge is 2.19. The van der Waals surface area contributed by atoms with Gasteiger partial charge < -0.3 is 14.8 Å². The van der Waals surface area contributed by atoms with Crippen molar-refractivity contribution in [2.24, 2.45) is 0 Å². The first-order chi connectivity index (χ1) is 8.28. The Labute approximate surface area is 106 Å². The molecule has 2 unspecified atom stereocenters. The first-order valence-electron chi connectivity index (χ1n) is 6.09. The Morgan fingerprint density at radius 2 is 2.41 bits per heavy atom. The number of nitrogens with zero attached hydrogens (tertiary/aromatic N) is 2. The van der Waals surface area contributed by atoms with Gasteiger partial charge in [-0.15, -0.1) is 0 Å². The number of aryl methyl sites for hydroxylation is 1. The maximum Gasteiger partial charge on any atom is 0.293 e. The molecule has 5 nitrogen and oxygen atoms in total. The van der Waals surface area contributed by atoms with Crippen LogP contribution in [0.1, 0.15) is 26.1 Å². The van der Waals surface area contributed by atoms with E-state index in [1.54, 1.807) is 0 Å². The van der Waals surface area contributed by atoms with Crippen molar-refractivity contribution in [3.63, 3.8) is 0 Å². The highest BCUT2D eigenvalue weighted by molar-refractivity contribution is 7.07. The minimum atomic E-state index is 0.109. The second-order valence-electron chi connectivity index (χ2n) is 4.26. The molecule has 96 valence electrons. The molecule has 1 aromatic rings. The van der Waals surface area contributed by atoms with Crippen LogP contribution in [0.15, 0.2) is 0 Å². The predicted octanol–water partition coefficient (Wildman–Crippen LogP) is 1.25. The molecule has 0 aliphatic carbocycles. The van der Waals surface area contributed by atoms with E-state index < -0.39 is 0 Å². The Kier molecular flexibility index (Phi) is 4.70. The molecular weight excluding hydrogens is 238 g/mol. The van der Waals surface area contributed by atoms with Crippen molar-refractivity contribution in [2.75, 3.05) is 19.7 Å². The third-order valence-corrected chi connectivity index (χ3v) is 3.21. The van der Waals surface area contributed by atoms with Crippen LogP contribution in [0.3, 0.4) is 0 Å². The van der Waals surface area contributed by atoms with Gasteiger partial charge in [0.1, 0.15) is 18.5 Å². The van der Waals surface area contributed by atoms with Gasteiger partial charge in [-0.25, -0.2) is 0 Å². The van der Waals surface area contributed by atoms with Gasteiger partial charge in [0.15, 0.2) is 0 Å². The van der Waals surface area contributed by atoms with Crippen molar-refractivity contribution in [1.82, 2.24) is 14.7 Å². The molecular formula is C11H19N3O2S. The number of aromatic nitrogens is 2. The second kappa shape index (κ2) is 6.28. The van der Waals surface area contributed by atoms with Crippen LogP contribution in [0.4, 0.5) is 0 Å². The molecule has 2 rings (SSSR count). The van der Waals surface area contributed by atoms with E-state index in [0.717, 1.165) is 31.8 Å². The van der Waals surface area contributed by atoms with E-state index in [1.807, 2.05) is 0 Å². The van der Waals surface area contributed by atoms with E-state index in [4.69, 9.17) is 9.47 Å². The molecule has 1 N–H and O–H groups in total. The molecule has 1 aromatic heterocycles. The largest absolute Gasteiger partial charge is 0.466 e. The van der Waals surface area contributed by atoms with Gasteiger partial charge in [-0.2, -0.15) is 9.36 Å². The van der Waals surface area contributed by atoms with Crippen LogP contribution in [-0.2, 0) is 11.2 Å². The summed E-state index contributed by atoms with van der Waals surface area (Å²) in [5.41, 5.74) is 0. The highest BCUT2D eigenvalue weighted by atomic mass is 32.1. The standard InChI is InChI=1S/C11H19N3O2S/c1-3-4-10-13-11(17-14-10)15-7-9-6-12-5-8(2)16-9/h8-9,12H,3-7H2,1-2H3. The molecule has 1 fully saturated rings. The van der Waals surface area contributed by atoms with Crippen molar-refractivity contribution < 1.29 is 9.47 Å². The van der Waals surface area contributed by atoms with E-state index in [2.05, 4.69) is 28.5 Å². The fraction of sp³-hybridized carbons (Fsp3) is 0.818. The smallest absolute Gasteiger partial charge is 0.293 e. The summed E-state index contributed by atoms with van der Waals surface area (Å²) in [6.07, 6.45) is 2.33. The molecule has 0 saturated carbocycles. The molecule has 1 saturated heterocycles. The summed E-state index contributed by atoms with van der Waals surface area (Å²) in [5.74, 6) is 0.878. The lowest BCUT2D eigenvalue weighted by Gasteiger charge is -2.28. The van der Waals surface area contributed by atoms with E-state index in [-0.39, 0.29) is 12.2 Å². The number of morpholine rings is 1. The number of hydrogen-bond acceptors (Lipinski definition) is 6. The molecule has 6 heteroatoms. The fourth-order valence-corrected chi connectivity index (χ4v) is 2.34. The Morgan fingerprint density at radius 1 is 1.53 bits per heavy atom. The third kappa shape index (κ3) is 3.90. The van der Waals surface area contributed by atoms with Crippen LogP contribution in [0.5, 0.6) is 5.19 Å². The van der Waals surface area contributed by atoms with Crippen LogP contribution in [0.25, 0.3) is 0 Å². The normalized spacial score (nSPS) is 24.8. The predicted molar refractivity (Wildman–Crippen MR) is 66.6 cm³/mol. The Hall–Kier alpha value is -0.720. The number of nitrogens with one attached hydrogen (secondary N) is 1. The SMILES string of the molecule is CCCc1nsc(OCC2CNCC(C)O2)n1. The molecule has 2 heterocycles. The number of rotatable bonds is 5. The van der Waals surface area contributed by atoms with Crippen LogP contribution < -0.4 is 10.1 Å². The summed E-state index contributed by atoms with van der Waals surface area (Å²) in [5, 5.41) is 3.96. The summed E-state index contributed by atoms with van der Waals surface area (Å²) in [6, 6.07) is 0. The van der Waals surface area contributed by atoms with Crippen molar-refractivity contribution in [1.29, 1.82) is 0 Å². The van der Waals surface area contributed by atoms with Gasteiger partial charge in [0.25, 0.3) is 5.19 Å². The molecule has 1 aliphatic rings. The van der Waals surface area contributed by atoms with Crippen LogP contribution >= 0.6 is 11.5 Å². The Balaban J connectivity index is 1.76. The average molecular weight is 257 g/mol. The Morgan fingerprint density at radius 3 is 3.18 bits per heavy atom. The van der Waals surface area contributed by atoms with E-state index in [9.17, 15) is 0 Å². The van der Waals surface area contributed by atoms with Crippen LogP contribution in [0.2, 0.25) is 0 Å². The maximum atomic E-state index is 5.73.